The molecule has 3 rings (SSSR count). The van der Waals surface area contributed by atoms with E-state index in [-0.39, 0.29) is 36.7 Å². The second-order valence-electron chi connectivity index (χ2n) is 6.51. The van der Waals surface area contributed by atoms with Crippen LogP contribution in [0.15, 0.2) is 52.0 Å². The fourth-order valence-corrected chi connectivity index (χ4v) is 3.36. The van der Waals surface area contributed by atoms with Crippen molar-refractivity contribution in [1.82, 2.24) is 15.5 Å². The highest BCUT2D eigenvalue weighted by Gasteiger charge is 2.38. The molecule has 2 heterocycles. The van der Waals surface area contributed by atoms with E-state index < -0.39 is 28.0 Å². The summed E-state index contributed by atoms with van der Waals surface area (Å²) in [6.07, 6.45) is 1.66. The highest BCUT2D eigenvalue weighted by Crippen LogP contribution is 2.15. The average molecular weight is 420 g/mol. The van der Waals surface area contributed by atoms with Crippen molar-refractivity contribution in [2.45, 2.75) is 36.9 Å². The van der Waals surface area contributed by atoms with Crippen LogP contribution in [0.4, 0.5) is 4.79 Å². The number of urea groups is 1. The number of hydrogen-bond acceptors (Lipinski definition) is 6. The Bertz CT molecular complexity index is 1000. The molecule has 4 amide bonds. The molecular weight excluding hydrogens is 400 g/mol. The quantitative estimate of drug-likeness (QED) is 0.527. The number of nitrogens with two attached hydrogens (primary N) is 1. The van der Waals surface area contributed by atoms with Gasteiger partial charge in [0.05, 0.1) is 17.7 Å². The van der Waals surface area contributed by atoms with Gasteiger partial charge < -0.3 is 15.1 Å². The van der Waals surface area contributed by atoms with Crippen LogP contribution in [-0.4, -0.2) is 37.2 Å². The van der Waals surface area contributed by atoms with E-state index in [1.54, 1.807) is 24.3 Å². The van der Waals surface area contributed by atoms with E-state index in [0.717, 1.165) is 4.90 Å². The summed E-state index contributed by atoms with van der Waals surface area (Å²) >= 11 is 0. The van der Waals surface area contributed by atoms with Crippen molar-refractivity contribution in [3.63, 3.8) is 0 Å². The highest BCUT2D eigenvalue weighted by molar-refractivity contribution is 7.89. The van der Waals surface area contributed by atoms with Crippen LogP contribution in [0, 0.1) is 0 Å². The number of primary sulfonamides is 1. The number of sulfonamides is 1. The van der Waals surface area contributed by atoms with Crippen molar-refractivity contribution in [3.8, 4) is 0 Å². The van der Waals surface area contributed by atoms with Gasteiger partial charge in [0, 0.05) is 13.0 Å². The zero-order valence-electron chi connectivity index (χ0n) is 15.3. The molecule has 1 saturated heterocycles. The summed E-state index contributed by atoms with van der Waals surface area (Å²) in [5, 5.41) is 10.3. The molecule has 0 saturated carbocycles. The molecule has 29 heavy (non-hydrogen) atoms. The SMILES string of the molecule is NS(=O)(=O)c1ccc(CNC(=O)CC[C@@H]2NC(=O)N(Cc3ccco3)C2=O)cc1. The Morgan fingerprint density at radius 1 is 1.21 bits per heavy atom. The number of rotatable bonds is 8. The maximum atomic E-state index is 12.4. The molecule has 1 aromatic heterocycles. The van der Waals surface area contributed by atoms with Gasteiger partial charge in [0.2, 0.25) is 15.9 Å². The number of hydrogen-bond donors (Lipinski definition) is 3. The standard InChI is InChI=1S/C18H20N4O6S/c19-29(26,27)14-5-3-12(4-6-14)10-20-16(23)8-7-15-17(24)22(18(25)21-15)11-13-2-1-9-28-13/h1-6,9,15H,7-8,10-11H2,(H,20,23)(H,21,25)(H2,19,26,27)/t15-/m0/s1. The van der Waals surface area contributed by atoms with E-state index in [1.807, 2.05) is 0 Å². The predicted octanol–water partition coefficient (Wildman–Crippen LogP) is 0.444. The van der Waals surface area contributed by atoms with Gasteiger partial charge in [-0.1, -0.05) is 12.1 Å². The first-order valence-electron chi connectivity index (χ1n) is 8.77. The van der Waals surface area contributed by atoms with Crippen molar-refractivity contribution in [3.05, 3.63) is 54.0 Å². The summed E-state index contributed by atoms with van der Waals surface area (Å²) in [5.74, 6) is -0.217. The van der Waals surface area contributed by atoms with E-state index in [0.29, 0.717) is 11.3 Å². The van der Waals surface area contributed by atoms with E-state index in [4.69, 9.17) is 9.56 Å². The lowest BCUT2D eigenvalue weighted by atomic mass is 10.1. The summed E-state index contributed by atoms with van der Waals surface area (Å²) < 4.78 is 27.6. The number of amides is 4. The van der Waals surface area contributed by atoms with Gasteiger partial charge in [0.25, 0.3) is 5.91 Å². The fraction of sp³-hybridized carbons (Fsp3) is 0.278. The van der Waals surface area contributed by atoms with Crippen molar-refractivity contribution in [2.24, 2.45) is 5.14 Å². The number of benzene rings is 1. The molecule has 1 aliphatic rings. The third-order valence-corrected chi connectivity index (χ3v) is 5.33. The van der Waals surface area contributed by atoms with Crippen molar-refractivity contribution < 1.29 is 27.2 Å². The van der Waals surface area contributed by atoms with E-state index in [1.165, 1.54) is 18.4 Å². The number of nitrogens with one attached hydrogen (secondary N) is 2. The summed E-state index contributed by atoms with van der Waals surface area (Å²) in [5.41, 5.74) is 0.695. The fourth-order valence-electron chi connectivity index (χ4n) is 2.84. The summed E-state index contributed by atoms with van der Waals surface area (Å²) in [4.78, 5) is 37.4. The average Bonchev–Trinajstić information content (AvgIpc) is 3.28. The summed E-state index contributed by atoms with van der Waals surface area (Å²) in [6.45, 7) is 0.230. The number of nitrogens with zero attached hydrogens (tertiary/aromatic N) is 1. The topological polar surface area (TPSA) is 152 Å². The molecule has 0 spiro atoms. The van der Waals surface area contributed by atoms with Gasteiger partial charge in [0.1, 0.15) is 11.8 Å². The molecule has 4 N–H and O–H groups in total. The molecule has 10 nitrogen and oxygen atoms in total. The Balaban J connectivity index is 1.45. The van der Waals surface area contributed by atoms with Crippen LogP contribution >= 0.6 is 0 Å². The first kappa shape index (κ1) is 20.6. The van der Waals surface area contributed by atoms with Gasteiger partial charge in [-0.05, 0) is 36.2 Å². The first-order chi connectivity index (χ1) is 13.7. The van der Waals surface area contributed by atoms with Crippen molar-refractivity contribution in [2.75, 3.05) is 0 Å². The van der Waals surface area contributed by atoms with E-state index in [9.17, 15) is 22.8 Å². The second kappa shape index (κ2) is 8.45. The Morgan fingerprint density at radius 3 is 2.55 bits per heavy atom. The first-order valence-corrected chi connectivity index (χ1v) is 10.3. The Labute approximate surface area is 167 Å². The Morgan fingerprint density at radius 2 is 1.93 bits per heavy atom. The zero-order valence-corrected chi connectivity index (χ0v) is 16.1. The van der Waals surface area contributed by atoms with Gasteiger partial charge in [0.15, 0.2) is 0 Å². The van der Waals surface area contributed by atoms with Gasteiger partial charge in [-0.25, -0.2) is 18.4 Å². The lowest BCUT2D eigenvalue weighted by Crippen LogP contribution is -2.32. The minimum Gasteiger partial charge on any atom is -0.467 e. The molecule has 0 radical (unpaired) electrons. The lowest BCUT2D eigenvalue weighted by molar-refractivity contribution is -0.128. The molecule has 1 fully saturated rings. The van der Waals surface area contributed by atoms with Crippen molar-refractivity contribution in [1.29, 1.82) is 0 Å². The molecular formula is C18H20N4O6S. The molecule has 1 atom stereocenters. The van der Waals surface area contributed by atoms with Gasteiger partial charge >= 0.3 is 6.03 Å². The number of carbonyl (C=O) groups is 3. The maximum Gasteiger partial charge on any atom is 0.325 e. The van der Waals surface area contributed by atoms with Crippen LogP contribution in [0.3, 0.4) is 0 Å². The van der Waals surface area contributed by atoms with Crippen LogP contribution in [0.5, 0.6) is 0 Å². The van der Waals surface area contributed by atoms with Crippen molar-refractivity contribution >= 4 is 27.9 Å². The minimum atomic E-state index is -3.76. The van der Waals surface area contributed by atoms with Crippen LogP contribution in [0.1, 0.15) is 24.2 Å². The lowest BCUT2D eigenvalue weighted by Gasteiger charge is -2.11. The molecule has 154 valence electrons. The summed E-state index contributed by atoms with van der Waals surface area (Å²) in [6, 6.07) is 7.85. The Hall–Kier alpha value is -3.18. The molecule has 1 aliphatic heterocycles. The molecule has 11 heteroatoms. The number of imide groups is 1. The third kappa shape index (κ3) is 5.21. The monoisotopic (exact) mass is 420 g/mol. The largest absolute Gasteiger partial charge is 0.467 e. The molecule has 1 aromatic carbocycles. The summed E-state index contributed by atoms with van der Waals surface area (Å²) in [7, 11) is -3.76. The van der Waals surface area contributed by atoms with E-state index >= 15 is 0 Å². The predicted molar refractivity (Wildman–Crippen MR) is 100 cm³/mol. The zero-order chi connectivity index (χ0) is 21.0. The molecule has 2 aromatic rings. The molecule has 0 aliphatic carbocycles. The second-order valence-corrected chi connectivity index (χ2v) is 8.07. The smallest absolute Gasteiger partial charge is 0.325 e. The normalized spacial score (nSPS) is 16.7. The number of carbonyl (C=O) groups excluding carboxylic acids is 3. The van der Waals surface area contributed by atoms with Gasteiger partial charge in [-0.3, -0.25) is 14.5 Å². The van der Waals surface area contributed by atoms with Crippen LogP contribution in [0.2, 0.25) is 0 Å². The number of furan rings is 1. The molecule has 0 bridgehead atoms. The van der Waals surface area contributed by atoms with E-state index in [2.05, 4.69) is 10.6 Å². The maximum absolute atomic E-state index is 12.4. The highest BCUT2D eigenvalue weighted by atomic mass is 32.2. The van der Waals surface area contributed by atoms with Gasteiger partial charge in [-0.15, -0.1) is 0 Å². The third-order valence-electron chi connectivity index (χ3n) is 4.40. The molecule has 0 unspecified atom stereocenters. The Kier molecular flexibility index (Phi) is 5.99. The van der Waals surface area contributed by atoms with Crippen LogP contribution < -0.4 is 15.8 Å². The minimum absolute atomic E-state index is 0.0119. The van der Waals surface area contributed by atoms with Gasteiger partial charge in [-0.2, -0.15) is 0 Å². The van der Waals surface area contributed by atoms with Crippen LogP contribution in [0.25, 0.3) is 0 Å². The van der Waals surface area contributed by atoms with Crippen LogP contribution in [-0.2, 0) is 32.7 Å².